The van der Waals surface area contributed by atoms with Gasteiger partial charge in [-0.3, -0.25) is 9.59 Å². The molecule has 4 N–H and O–H groups in total. The van der Waals surface area contributed by atoms with E-state index in [0.29, 0.717) is 6.54 Å². The van der Waals surface area contributed by atoms with Crippen molar-refractivity contribution in [1.29, 1.82) is 0 Å². The molecule has 0 aliphatic rings. The lowest BCUT2D eigenvalue weighted by atomic mass is 10.0. The smallest absolute Gasteiger partial charge is 0.326 e. The lowest BCUT2D eigenvalue weighted by molar-refractivity contribution is -0.139. The summed E-state index contributed by atoms with van der Waals surface area (Å²) in [6.07, 6.45) is 6.85. The van der Waals surface area contributed by atoms with Gasteiger partial charge in [-0.25, -0.2) is 14.2 Å². The van der Waals surface area contributed by atoms with Crippen LogP contribution in [-0.4, -0.2) is 38.5 Å². The maximum Gasteiger partial charge on any atom is 0.326 e. The Bertz CT molecular complexity index is 1140. The molecule has 170 valence electrons. The Morgan fingerprint density at radius 1 is 1.09 bits per heavy atom. The van der Waals surface area contributed by atoms with E-state index in [9.17, 15) is 23.9 Å². The van der Waals surface area contributed by atoms with Gasteiger partial charge in [-0.05, 0) is 53.5 Å². The van der Waals surface area contributed by atoms with Crippen molar-refractivity contribution in [1.82, 2.24) is 14.9 Å². The molecular weight excluding hydrogens is 427 g/mol. The number of carbonyl (C=O) groups is 3. The highest BCUT2D eigenvalue weighted by atomic mass is 19.1. The minimum atomic E-state index is -1.24. The first-order valence-electron chi connectivity index (χ1n) is 10.2. The van der Waals surface area contributed by atoms with Gasteiger partial charge in [0, 0.05) is 30.9 Å². The number of carboxylic acid groups (broad SMARTS) is 1. The number of hydrogen-bond acceptors (Lipinski definition) is 4. The molecule has 0 bridgehead atoms. The molecule has 33 heavy (non-hydrogen) atoms. The fraction of sp³-hybridized carbons (Fsp3) is 0.167. The summed E-state index contributed by atoms with van der Waals surface area (Å²) in [6, 6.07) is 11.6. The Kier molecular flexibility index (Phi) is 7.69. The molecule has 9 heteroatoms. The van der Waals surface area contributed by atoms with Crippen LogP contribution in [-0.2, 0) is 16.1 Å². The third-order valence-corrected chi connectivity index (χ3v) is 4.92. The topological polar surface area (TPSA) is 127 Å². The predicted octanol–water partition coefficient (Wildman–Crippen LogP) is 2.71. The van der Waals surface area contributed by atoms with Gasteiger partial charge < -0.3 is 20.7 Å². The van der Waals surface area contributed by atoms with Gasteiger partial charge in [-0.1, -0.05) is 24.3 Å². The first-order chi connectivity index (χ1) is 15.8. The van der Waals surface area contributed by atoms with Gasteiger partial charge in [-0.15, -0.1) is 0 Å². The Morgan fingerprint density at radius 3 is 2.33 bits per heavy atom. The summed E-state index contributed by atoms with van der Waals surface area (Å²) in [6.45, 7) is 0.508. The number of carbonyl (C=O) groups excluding carboxylic acids is 2. The minimum Gasteiger partial charge on any atom is -0.480 e. The minimum absolute atomic E-state index is 0.0908. The number of imidazole rings is 1. The molecule has 2 amide bonds. The van der Waals surface area contributed by atoms with Crippen LogP contribution in [0.1, 0.15) is 34.3 Å². The molecule has 0 saturated heterocycles. The van der Waals surface area contributed by atoms with Crippen LogP contribution >= 0.6 is 0 Å². The second-order valence-corrected chi connectivity index (χ2v) is 7.40. The SMILES string of the molecule is NC(=O)CC[C@H](NC(=O)c1ccc(C=C(Cn2ccnc2)c2ccc(F)cc2)cc1)C(=O)O. The number of primary amides is 1. The summed E-state index contributed by atoms with van der Waals surface area (Å²) >= 11 is 0. The van der Waals surface area contributed by atoms with Gasteiger partial charge in [-0.2, -0.15) is 0 Å². The van der Waals surface area contributed by atoms with Crippen LogP contribution in [0.4, 0.5) is 4.39 Å². The van der Waals surface area contributed by atoms with E-state index in [1.165, 1.54) is 12.1 Å². The van der Waals surface area contributed by atoms with Crippen molar-refractivity contribution < 1.29 is 23.9 Å². The van der Waals surface area contributed by atoms with Crippen molar-refractivity contribution in [3.8, 4) is 0 Å². The predicted molar refractivity (Wildman–Crippen MR) is 120 cm³/mol. The van der Waals surface area contributed by atoms with Crippen LogP contribution in [0.15, 0.2) is 67.3 Å². The van der Waals surface area contributed by atoms with Gasteiger partial charge in [0.1, 0.15) is 11.9 Å². The van der Waals surface area contributed by atoms with Gasteiger partial charge >= 0.3 is 5.97 Å². The summed E-state index contributed by atoms with van der Waals surface area (Å²) in [4.78, 5) is 38.7. The van der Waals surface area contributed by atoms with Gasteiger partial charge in [0.25, 0.3) is 5.91 Å². The van der Waals surface area contributed by atoms with E-state index in [1.54, 1.807) is 48.9 Å². The van der Waals surface area contributed by atoms with Crippen molar-refractivity contribution in [2.75, 3.05) is 0 Å². The Labute approximate surface area is 189 Å². The van der Waals surface area contributed by atoms with Crippen molar-refractivity contribution in [2.24, 2.45) is 5.73 Å². The normalized spacial score (nSPS) is 12.2. The average molecular weight is 450 g/mol. The average Bonchev–Trinajstić information content (AvgIpc) is 3.30. The molecule has 8 nitrogen and oxygen atoms in total. The molecule has 2 aromatic carbocycles. The fourth-order valence-corrected chi connectivity index (χ4v) is 3.18. The second-order valence-electron chi connectivity index (χ2n) is 7.40. The van der Waals surface area contributed by atoms with Crippen molar-refractivity contribution in [3.63, 3.8) is 0 Å². The number of carboxylic acids is 1. The van der Waals surface area contributed by atoms with E-state index in [0.717, 1.165) is 16.7 Å². The number of allylic oxidation sites excluding steroid dienone is 1. The third-order valence-electron chi connectivity index (χ3n) is 4.92. The lowest BCUT2D eigenvalue weighted by Gasteiger charge is -2.14. The molecule has 0 spiro atoms. The summed E-state index contributed by atoms with van der Waals surface area (Å²) in [5.74, 6) is -2.78. The molecule has 0 saturated carbocycles. The van der Waals surface area contributed by atoms with Crippen LogP contribution in [0.25, 0.3) is 11.6 Å². The highest BCUT2D eigenvalue weighted by molar-refractivity contribution is 5.97. The van der Waals surface area contributed by atoms with Crippen molar-refractivity contribution in [3.05, 3.63) is 89.8 Å². The Morgan fingerprint density at radius 2 is 1.76 bits per heavy atom. The van der Waals surface area contributed by atoms with Gasteiger partial charge in [0.15, 0.2) is 0 Å². The fourth-order valence-electron chi connectivity index (χ4n) is 3.18. The maximum absolute atomic E-state index is 13.4. The standard InChI is InChI=1S/C24H23FN4O4/c25-20-7-5-17(6-8-20)19(14-29-12-11-27-15-29)13-16-1-3-18(4-2-16)23(31)28-21(24(32)33)9-10-22(26)30/h1-8,11-13,15,21H,9-10,14H2,(H2,26,30)(H,28,31)(H,32,33)/t21-/m0/s1. The quantitative estimate of drug-likeness (QED) is 0.409. The largest absolute Gasteiger partial charge is 0.480 e. The molecule has 0 unspecified atom stereocenters. The molecule has 1 aromatic heterocycles. The molecule has 0 aliphatic heterocycles. The van der Waals surface area contributed by atoms with Crippen molar-refractivity contribution >= 4 is 29.4 Å². The van der Waals surface area contributed by atoms with Crippen molar-refractivity contribution in [2.45, 2.75) is 25.4 Å². The summed E-state index contributed by atoms with van der Waals surface area (Å²) < 4.78 is 15.3. The van der Waals surface area contributed by atoms with Crippen LogP contribution < -0.4 is 11.1 Å². The number of halogens is 1. The van der Waals surface area contributed by atoms with E-state index in [-0.39, 0.29) is 24.2 Å². The Hall–Kier alpha value is -4.27. The zero-order chi connectivity index (χ0) is 23.8. The van der Waals surface area contributed by atoms with Crippen LogP contribution in [0, 0.1) is 5.82 Å². The molecule has 3 aromatic rings. The number of aliphatic carboxylic acids is 1. The number of benzene rings is 2. The first kappa shape index (κ1) is 23.4. The number of nitrogens with two attached hydrogens (primary N) is 1. The molecule has 3 rings (SSSR count). The highest BCUT2D eigenvalue weighted by Gasteiger charge is 2.21. The van der Waals surface area contributed by atoms with Gasteiger partial charge in [0.05, 0.1) is 6.33 Å². The number of aromatic nitrogens is 2. The number of rotatable bonds is 10. The third kappa shape index (κ3) is 6.86. The summed E-state index contributed by atoms with van der Waals surface area (Å²) in [5, 5.41) is 11.7. The number of hydrogen-bond donors (Lipinski definition) is 3. The van der Waals surface area contributed by atoms with Crippen LogP contribution in [0.2, 0.25) is 0 Å². The molecule has 0 radical (unpaired) electrons. The number of amides is 2. The van der Waals surface area contributed by atoms with E-state index in [2.05, 4.69) is 10.3 Å². The van der Waals surface area contributed by atoms with Gasteiger partial charge in [0.2, 0.25) is 5.91 Å². The summed E-state index contributed by atoms with van der Waals surface area (Å²) in [5.41, 5.74) is 7.88. The van der Waals surface area contributed by atoms with E-state index < -0.39 is 23.8 Å². The molecular formula is C24H23FN4O4. The van der Waals surface area contributed by atoms with E-state index in [1.807, 2.05) is 16.8 Å². The zero-order valence-corrected chi connectivity index (χ0v) is 17.6. The zero-order valence-electron chi connectivity index (χ0n) is 17.6. The molecule has 0 aliphatic carbocycles. The van der Waals surface area contributed by atoms with Crippen LogP contribution in [0.3, 0.4) is 0 Å². The first-order valence-corrected chi connectivity index (χ1v) is 10.2. The second kappa shape index (κ2) is 10.9. The Balaban J connectivity index is 1.78. The van der Waals surface area contributed by atoms with Crippen LogP contribution in [0.5, 0.6) is 0 Å². The van der Waals surface area contributed by atoms with E-state index in [4.69, 9.17) is 5.73 Å². The molecule has 1 atom stereocenters. The van der Waals surface area contributed by atoms with E-state index >= 15 is 0 Å². The highest BCUT2D eigenvalue weighted by Crippen LogP contribution is 2.21. The number of nitrogens with zero attached hydrogens (tertiary/aromatic N) is 2. The maximum atomic E-state index is 13.4. The molecule has 1 heterocycles. The summed E-state index contributed by atoms with van der Waals surface area (Å²) in [7, 11) is 0. The monoisotopic (exact) mass is 450 g/mol. The molecule has 0 fully saturated rings. The lowest BCUT2D eigenvalue weighted by Crippen LogP contribution is -2.41. The number of nitrogens with one attached hydrogen (secondary N) is 1.